The van der Waals surface area contributed by atoms with Crippen LogP contribution in [0.25, 0.3) is 11.2 Å². The van der Waals surface area contributed by atoms with E-state index >= 15 is 0 Å². The molecular weight excluding hydrogens is 793 g/mol. The van der Waals surface area contributed by atoms with Gasteiger partial charge in [0.05, 0.1) is 45.9 Å². The highest BCUT2D eigenvalue weighted by molar-refractivity contribution is 7.96. The van der Waals surface area contributed by atoms with Gasteiger partial charge in [0.1, 0.15) is 41.7 Å². The number of unbranched alkanes of at least 4 members (excludes halogenated alkanes) is 2. The molecule has 6 unspecified atom stereocenters. The summed E-state index contributed by atoms with van der Waals surface area (Å²) in [4.78, 5) is 22.8. The number of ether oxygens (including phenoxy) is 1. The SMILES string of the molecule is C[S+](CCC(N)C(=O)[O-])CC1OC(n2cnc3c(N)ncnc32)C(O)C1O.O=S(=O)(O)CCCCS(=O)(=O)O.O=S(=O)([O-])CCCCS(=O)(=O)O. The van der Waals surface area contributed by atoms with Crippen LogP contribution in [0.15, 0.2) is 12.7 Å². The van der Waals surface area contributed by atoms with Crippen molar-refractivity contribution in [1.82, 2.24) is 19.5 Å². The van der Waals surface area contributed by atoms with Crippen LogP contribution in [-0.2, 0) is 60.9 Å². The standard InChI is InChI=1S/C15H22N6O5S.2C4H10O6S2/c1-27(3-2-7(16)15(24)25)4-8-10(22)11(23)14(26-8)21-6-20-9-12(17)18-5-19-13(9)21;2*5-11(6,7)3-1-2-4-12(8,9)10/h5-8,10-11,14,22-23H,2-4,16H2,1H3,(H2-,17,18,19,24,25);2*1-4H2,(H,5,6,7)(H,8,9,10)/p-1. The van der Waals surface area contributed by atoms with Crippen LogP contribution < -0.4 is 16.6 Å². The fourth-order valence-electron chi connectivity index (χ4n) is 4.09. The Labute approximate surface area is 297 Å². The van der Waals surface area contributed by atoms with Crippen molar-refractivity contribution in [2.45, 2.75) is 62.7 Å². The van der Waals surface area contributed by atoms with E-state index in [0.29, 0.717) is 22.7 Å². The Morgan fingerprint density at radius 1 is 0.902 bits per heavy atom. The number of imidazole rings is 1. The molecule has 0 radical (unpaired) electrons. The second-order valence-corrected chi connectivity index (χ2v) is 19.6. The van der Waals surface area contributed by atoms with Crippen molar-refractivity contribution < 1.29 is 76.7 Å². The molecule has 0 aromatic carbocycles. The highest BCUT2D eigenvalue weighted by Gasteiger charge is 2.46. The quantitative estimate of drug-likeness (QED) is 0.0448. The molecule has 1 aliphatic heterocycles. The zero-order valence-electron chi connectivity index (χ0n) is 26.9. The summed E-state index contributed by atoms with van der Waals surface area (Å²) < 4.78 is 123. The van der Waals surface area contributed by atoms with Crippen LogP contribution in [0.3, 0.4) is 0 Å². The third kappa shape index (κ3) is 19.3. The maximum Gasteiger partial charge on any atom is 0.264 e. The van der Waals surface area contributed by atoms with Gasteiger partial charge in [0.15, 0.2) is 17.7 Å². The minimum Gasteiger partial charge on any atom is -0.748 e. The first-order valence-corrected chi connectivity index (χ1v) is 22.9. The smallest absolute Gasteiger partial charge is 0.264 e. The number of nitrogens with two attached hydrogens (primary N) is 2. The molecular formula is C23H41N6O17S5-. The number of hydrogen-bond acceptors (Lipinski definition) is 19. The fourth-order valence-corrected chi connectivity index (χ4v) is 8.02. The molecule has 1 fully saturated rings. The molecule has 0 spiro atoms. The van der Waals surface area contributed by atoms with Gasteiger partial charge in [-0.1, -0.05) is 0 Å². The van der Waals surface area contributed by atoms with Crippen molar-refractivity contribution in [2.24, 2.45) is 5.73 Å². The summed E-state index contributed by atoms with van der Waals surface area (Å²) in [5, 5.41) is 31.5. The van der Waals surface area contributed by atoms with Crippen molar-refractivity contribution in [2.75, 3.05) is 46.5 Å². The summed E-state index contributed by atoms with van der Waals surface area (Å²) in [6.45, 7) is 0. The molecule has 28 heteroatoms. The molecule has 1 aliphatic rings. The van der Waals surface area contributed by atoms with Crippen LogP contribution in [0.2, 0.25) is 0 Å². The zero-order chi connectivity index (χ0) is 39.4. The van der Waals surface area contributed by atoms with Crippen LogP contribution >= 0.6 is 0 Å². The molecule has 3 rings (SSSR count). The predicted molar refractivity (Wildman–Crippen MR) is 179 cm³/mol. The largest absolute Gasteiger partial charge is 0.748 e. The Kier molecular flexibility index (Phi) is 18.5. The number of nitrogen functional groups attached to an aromatic ring is 1. The van der Waals surface area contributed by atoms with E-state index in [1.165, 1.54) is 17.2 Å². The van der Waals surface area contributed by atoms with E-state index in [2.05, 4.69) is 15.0 Å². The third-order valence-electron chi connectivity index (χ3n) is 6.63. The van der Waals surface area contributed by atoms with Crippen LogP contribution in [0.4, 0.5) is 5.82 Å². The van der Waals surface area contributed by atoms with Crippen molar-refractivity contribution in [3.05, 3.63) is 12.7 Å². The molecule has 51 heavy (non-hydrogen) atoms. The zero-order valence-corrected chi connectivity index (χ0v) is 31.0. The Hall–Kier alpha value is -2.35. The van der Waals surface area contributed by atoms with Gasteiger partial charge in [-0.15, -0.1) is 0 Å². The molecule has 0 amide bonds. The second kappa shape index (κ2) is 20.2. The maximum atomic E-state index is 10.7. The highest BCUT2D eigenvalue weighted by atomic mass is 32.2. The van der Waals surface area contributed by atoms with Crippen molar-refractivity contribution in [3.63, 3.8) is 0 Å². The van der Waals surface area contributed by atoms with Gasteiger partial charge in [-0.2, -0.15) is 25.3 Å². The fraction of sp³-hybridized carbons (Fsp3) is 0.739. The average Bonchev–Trinajstić information content (AvgIpc) is 3.52. The highest BCUT2D eigenvalue weighted by Crippen LogP contribution is 2.32. The summed E-state index contributed by atoms with van der Waals surface area (Å²) in [5.74, 6) is -2.13. The number of carbonyl (C=O) groups excluding carboxylic acids is 1. The van der Waals surface area contributed by atoms with E-state index in [1.54, 1.807) is 0 Å². The van der Waals surface area contributed by atoms with Crippen LogP contribution in [0.5, 0.6) is 0 Å². The summed E-state index contributed by atoms with van der Waals surface area (Å²) in [6, 6.07) is -1.02. The van der Waals surface area contributed by atoms with Gasteiger partial charge >= 0.3 is 0 Å². The molecule has 1 saturated heterocycles. The lowest BCUT2D eigenvalue weighted by Gasteiger charge is -2.16. The number of aromatic nitrogens is 4. The number of nitrogens with zero attached hydrogens (tertiary/aromatic N) is 4. The second-order valence-electron chi connectivity index (χ2n) is 11.0. The lowest BCUT2D eigenvalue weighted by molar-refractivity contribution is -0.307. The van der Waals surface area contributed by atoms with Crippen LogP contribution in [0, 0.1) is 0 Å². The number of hydrogen-bond donors (Lipinski definition) is 7. The molecule has 0 aliphatic carbocycles. The van der Waals surface area contributed by atoms with E-state index in [0.717, 1.165) is 0 Å². The Morgan fingerprint density at radius 2 is 1.39 bits per heavy atom. The molecule has 6 atom stereocenters. The van der Waals surface area contributed by atoms with Gasteiger partial charge in [0.25, 0.3) is 30.4 Å². The van der Waals surface area contributed by atoms with E-state index in [-0.39, 0.29) is 48.8 Å². The number of carboxylic acids is 1. The first-order valence-electron chi connectivity index (χ1n) is 14.5. The Balaban J connectivity index is 0.000000452. The number of aliphatic hydroxyl groups is 2. The summed E-state index contributed by atoms with van der Waals surface area (Å²) in [6.07, 6.45) is 1.11. The number of rotatable bonds is 17. The predicted octanol–water partition coefficient (Wildman–Crippen LogP) is -4.52. The molecule has 0 saturated carbocycles. The maximum absolute atomic E-state index is 10.7. The Morgan fingerprint density at radius 3 is 1.84 bits per heavy atom. The van der Waals surface area contributed by atoms with Gasteiger partial charge < -0.3 is 40.9 Å². The Bertz CT molecular complexity index is 1720. The molecule has 2 aromatic heterocycles. The number of carbonyl (C=O) groups is 1. The number of fused-ring (bicyclic) bond motifs is 1. The average molecular weight is 834 g/mol. The van der Waals surface area contributed by atoms with Gasteiger partial charge in [-0.25, -0.2) is 23.4 Å². The van der Waals surface area contributed by atoms with E-state index in [1.807, 2.05) is 6.26 Å². The van der Waals surface area contributed by atoms with Gasteiger partial charge in [-0.3, -0.25) is 18.2 Å². The van der Waals surface area contributed by atoms with E-state index < -0.39 is 100 Å². The minimum atomic E-state index is -4.27. The van der Waals surface area contributed by atoms with Gasteiger partial charge in [-0.05, 0) is 36.6 Å². The molecule has 9 N–H and O–H groups in total. The molecule has 23 nitrogen and oxygen atoms in total. The number of anilines is 1. The normalized spacial score (nSPS) is 20.9. The first-order chi connectivity index (χ1) is 23.2. The first kappa shape index (κ1) is 46.7. The monoisotopic (exact) mass is 833 g/mol. The lowest BCUT2D eigenvalue weighted by atomic mass is 10.1. The minimum absolute atomic E-state index is 0.0125. The molecule has 296 valence electrons. The van der Waals surface area contributed by atoms with Gasteiger partial charge in [0.2, 0.25) is 0 Å². The summed E-state index contributed by atoms with van der Waals surface area (Å²) in [7, 11) is -16.6. The van der Waals surface area contributed by atoms with Crippen LogP contribution in [0.1, 0.15) is 38.3 Å². The van der Waals surface area contributed by atoms with Crippen molar-refractivity contribution >= 4 is 74.3 Å². The van der Waals surface area contributed by atoms with Gasteiger partial charge in [0, 0.05) is 18.2 Å². The molecule has 0 bridgehead atoms. The summed E-state index contributed by atoms with van der Waals surface area (Å²) >= 11 is 0. The molecule has 3 heterocycles. The van der Waals surface area contributed by atoms with Crippen molar-refractivity contribution in [1.29, 1.82) is 0 Å². The molecule has 2 aromatic rings. The number of aliphatic carboxylic acids is 1. The lowest BCUT2D eigenvalue weighted by Crippen LogP contribution is -2.43. The number of carboxylic acid groups (broad SMARTS) is 1. The van der Waals surface area contributed by atoms with E-state index in [9.17, 15) is 58.3 Å². The van der Waals surface area contributed by atoms with Crippen LogP contribution in [-0.4, -0.2) is 153 Å². The topological polar surface area (TPSA) is 406 Å². The summed E-state index contributed by atoms with van der Waals surface area (Å²) in [5.41, 5.74) is 12.0. The third-order valence-corrected chi connectivity index (χ3v) is 11.7. The van der Waals surface area contributed by atoms with Crippen molar-refractivity contribution in [3.8, 4) is 0 Å². The van der Waals surface area contributed by atoms with E-state index in [4.69, 9.17) is 29.9 Å². The number of aliphatic hydroxyl groups excluding tert-OH is 2.